The number of anilines is 1. The fourth-order valence-corrected chi connectivity index (χ4v) is 2.07. The van der Waals surface area contributed by atoms with Crippen LogP contribution in [0.2, 0.25) is 0 Å². The van der Waals surface area contributed by atoms with E-state index in [1.807, 2.05) is 18.2 Å². The fourth-order valence-electron chi connectivity index (χ4n) is 2.07. The Labute approximate surface area is 139 Å². The van der Waals surface area contributed by atoms with Crippen LogP contribution in [0.1, 0.15) is 6.92 Å². The van der Waals surface area contributed by atoms with Crippen LogP contribution in [-0.2, 0) is 4.79 Å². The smallest absolute Gasteiger partial charge is 0.292 e. The van der Waals surface area contributed by atoms with E-state index in [0.717, 1.165) is 0 Å². The first kappa shape index (κ1) is 17.3. The van der Waals surface area contributed by atoms with E-state index in [2.05, 4.69) is 10.6 Å². The van der Waals surface area contributed by atoms with Gasteiger partial charge < -0.3 is 15.4 Å². The summed E-state index contributed by atoms with van der Waals surface area (Å²) in [6, 6.07) is 15.5. The van der Waals surface area contributed by atoms with Crippen molar-refractivity contribution in [3.05, 3.63) is 64.7 Å². The zero-order valence-electron chi connectivity index (χ0n) is 13.3. The Hall–Kier alpha value is -3.09. The molecule has 0 heterocycles. The Balaban J connectivity index is 1.76. The van der Waals surface area contributed by atoms with Crippen molar-refractivity contribution >= 4 is 17.3 Å². The third-order valence-electron chi connectivity index (χ3n) is 3.27. The van der Waals surface area contributed by atoms with Gasteiger partial charge in [0.2, 0.25) is 0 Å². The largest absolute Gasteiger partial charge is 0.481 e. The minimum atomic E-state index is -0.626. The molecule has 126 valence electrons. The van der Waals surface area contributed by atoms with Crippen molar-refractivity contribution < 1.29 is 14.5 Å². The first-order valence-electron chi connectivity index (χ1n) is 7.54. The van der Waals surface area contributed by atoms with Gasteiger partial charge in [-0.05, 0) is 25.1 Å². The molecule has 7 nitrogen and oxygen atoms in total. The average Bonchev–Trinajstić information content (AvgIpc) is 2.59. The van der Waals surface area contributed by atoms with E-state index in [1.165, 1.54) is 6.07 Å². The van der Waals surface area contributed by atoms with Crippen LogP contribution in [0.3, 0.4) is 0 Å². The maximum atomic E-state index is 12.0. The highest BCUT2D eigenvalue weighted by Crippen LogP contribution is 2.22. The number of amides is 1. The van der Waals surface area contributed by atoms with E-state index < -0.39 is 11.0 Å². The SMILES string of the molecule is C[C@@H](Oc1ccccc1)C(=O)NCCNc1ccccc1[N+](=O)[O-]. The van der Waals surface area contributed by atoms with E-state index in [1.54, 1.807) is 37.3 Å². The summed E-state index contributed by atoms with van der Waals surface area (Å²) in [6.07, 6.45) is -0.626. The number of benzene rings is 2. The first-order valence-corrected chi connectivity index (χ1v) is 7.54. The molecule has 7 heteroatoms. The molecule has 0 bridgehead atoms. The summed E-state index contributed by atoms with van der Waals surface area (Å²) in [7, 11) is 0. The van der Waals surface area contributed by atoms with Crippen molar-refractivity contribution in [3.63, 3.8) is 0 Å². The number of ether oxygens (including phenoxy) is 1. The molecule has 0 saturated heterocycles. The highest BCUT2D eigenvalue weighted by Gasteiger charge is 2.14. The molecular formula is C17H19N3O4. The monoisotopic (exact) mass is 329 g/mol. The summed E-state index contributed by atoms with van der Waals surface area (Å²) in [4.78, 5) is 22.4. The summed E-state index contributed by atoms with van der Waals surface area (Å²) < 4.78 is 5.52. The van der Waals surface area contributed by atoms with Gasteiger partial charge in [-0.3, -0.25) is 14.9 Å². The number of hydrogen-bond acceptors (Lipinski definition) is 5. The van der Waals surface area contributed by atoms with Crippen LogP contribution in [0.15, 0.2) is 54.6 Å². The molecule has 0 radical (unpaired) electrons. The topological polar surface area (TPSA) is 93.5 Å². The highest BCUT2D eigenvalue weighted by atomic mass is 16.6. The second kappa shape index (κ2) is 8.52. The van der Waals surface area contributed by atoms with Crippen LogP contribution in [0.25, 0.3) is 0 Å². The first-order chi connectivity index (χ1) is 11.6. The Morgan fingerprint density at radius 2 is 1.79 bits per heavy atom. The lowest BCUT2D eigenvalue weighted by atomic mass is 10.2. The van der Waals surface area contributed by atoms with E-state index in [-0.39, 0.29) is 11.6 Å². The molecule has 0 aliphatic heterocycles. The number of nitro benzene ring substituents is 1. The van der Waals surface area contributed by atoms with Crippen LogP contribution < -0.4 is 15.4 Å². The van der Waals surface area contributed by atoms with Gasteiger partial charge in [-0.15, -0.1) is 0 Å². The number of nitrogens with zero attached hydrogens (tertiary/aromatic N) is 1. The Bertz CT molecular complexity index is 691. The second-order valence-corrected chi connectivity index (χ2v) is 5.07. The summed E-state index contributed by atoms with van der Waals surface area (Å²) in [5, 5.41) is 16.6. The van der Waals surface area contributed by atoms with Crippen LogP contribution in [-0.4, -0.2) is 30.0 Å². The Kier molecular flexibility index (Phi) is 6.13. The Morgan fingerprint density at radius 1 is 1.12 bits per heavy atom. The third-order valence-corrected chi connectivity index (χ3v) is 3.27. The number of rotatable bonds is 8. The zero-order valence-corrected chi connectivity index (χ0v) is 13.3. The molecule has 0 aromatic heterocycles. The van der Waals surface area contributed by atoms with Gasteiger partial charge in [0, 0.05) is 19.2 Å². The van der Waals surface area contributed by atoms with Crippen molar-refractivity contribution in [1.82, 2.24) is 5.32 Å². The molecule has 2 aromatic rings. The predicted octanol–water partition coefficient (Wildman–Crippen LogP) is 2.59. The summed E-state index contributed by atoms with van der Waals surface area (Å²) >= 11 is 0. The van der Waals surface area contributed by atoms with Gasteiger partial charge in [-0.1, -0.05) is 30.3 Å². The number of para-hydroxylation sites is 3. The van der Waals surface area contributed by atoms with Gasteiger partial charge >= 0.3 is 0 Å². The van der Waals surface area contributed by atoms with Crippen LogP contribution in [0.5, 0.6) is 5.75 Å². The number of nitro groups is 1. The van der Waals surface area contributed by atoms with Crippen LogP contribution >= 0.6 is 0 Å². The van der Waals surface area contributed by atoms with Crippen molar-refractivity contribution in [2.45, 2.75) is 13.0 Å². The van der Waals surface area contributed by atoms with E-state index >= 15 is 0 Å². The highest BCUT2D eigenvalue weighted by molar-refractivity contribution is 5.80. The van der Waals surface area contributed by atoms with Gasteiger partial charge in [-0.2, -0.15) is 0 Å². The van der Waals surface area contributed by atoms with Crippen molar-refractivity contribution in [2.75, 3.05) is 18.4 Å². The lowest BCUT2D eigenvalue weighted by molar-refractivity contribution is -0.384. The fraction of sp³-hybridized carbons (Fsp3) is 0.235. The van der Waals surface area contributed by atoms with Gasteiger partial charge in [0.25, 0.3) is 11.6 Å². The van der Waals surface area contributed by atoms with E-state index in [9.17, 15) is 14.9 Å². The standard InChI is InChI=1S/C17H19N3O4/c1-13(24-14-7-3-2-4-8-14)17(21)19-12-11-18-15-9-5-6-10-16(15)20(22)23/h2-10,13,18H,11-12H2,1H3,(H,19,21)/t13-/m1/s1. The lowest BCUT2D eigenvalue weighted by Crippen LogP contribution is -2.38. The lowest BCUT2D eigenvalue weighted by Gasteiger charge is -2.15. The molecule has 2 rings (SSSR count). The minimum absolute atomic E-state index is 0.00426. The summed E-state index contributed by atoms with van der Waals surface area (Å²) in [6.45, 7) is 2.36. The second-order valence-electron chi connectivity index (χ2n) is 5.07. The predicted molar refractivity (Wildman–Crippen MR) is 91.1 cm³/mol. The number of nitrogens with one attached hydrogen (secondary N) is 2. The van der Waals surface area contributed by atoms with Crippen molar-refractivity contribution in [1.29, 1.82) is 0 Å². The van der Waals surface area contributed by atoms with Crippen molar-refractivity contribution in [2.24, 2.45) is 0 Å². The number of carbonyl (C=O) groups is 1. The molecule has 1 amide bonds. The molecule has 2 aromatic carbocycles. The molecule has 0 spiro atoms. The molecule has 0 unspecified atom stereocenters. The molecule has 0 saturated carbocycles. The quantitative estimate of drug-likeness (QED) is 0.441. The maximum absolute atomic E-state index is 12.0. The normalized spacial score (nSPS) is 11.4. The molecular weight excluding hydrogens is 310 g/mol. The molecule has 1 atom stereocenters. The maximum Gasteiger partial charge on any atom is 0.292 e. The number of carbonyl (C=O) groups excluding carboxylic acids is 1. The molecule has 2 N–H and O–H groups in total. The molecule has 24 heavy (non-hydrogen) atoms. The van der Waals surface area contributed by atoms with E-state index in [4.69, 9.17) is 4.74 Å². The molecule has 0 aliphatic carbocycles. The van der Waals surface area contributed by atoms with E-state index in [0.29, 0.717) is 24.5 Å². The van der Waals surface area contributed by atoms with Gasteiger partial charge in [0.15, 0.2) is 6.10 Å². The van der Waals surface area contributed by atoms with Crippen LogP contribution in [0.4, 0.5) is 11.4 Å². The third kappa shape index (κ3) is 4.98. The minimum Gasteiger partial charge on any atom is -0.481 e. The molecule has 0 fully saturated rings. The van der Waals surface area contributed by atoms with Gasteiger partial charge in [-0.25, -0.2) is 0 Å². The summed E-state index contributed by atoms with van der Waals surface area (Å²) in [5.74, 6) is 0.376. The van der Waals surface area contributed by atoms with Gasteiger partial charge in [0.1, 0.15) is 11.4 Å². The van der Waals surface area contributed by atoms with Gasteiger partial charge in [0.05, 0.1) is 4.92 Å². The van der Waals surface area contributed by atoms with Crippen LogP contribution in [0, 0.1) is 10.1 Å². The Morgan fingerprint density at radius 3 is 2.50 bits per heavy atom. The summed E-state index contributed by atoms with van der Waals surface area (Å²) in [5.41, 5.74) is 0.426. The molecule has 0 aliphatic rings. The number of hydrogen-bond donors (Lipinski definition) is 2. The zero-order chi connectivity index (χ0) is 17.4. The van der Waals surface area contributed by atoms with Crippen molar-refractivity contribution in [3.8, 4) is 5.75 Å². The average molecular weight is 329 g/mol.